The van der Waals surface area contributed by atoms with Crippen molar-refractivity contribution in [3.05, 3.63) is 83.9 Å². The van der Waals surface area contributed by atoms with Gasteiger partial charge in [-0.3, -0.25) is 14.4 Å². The van der Waals surface area contributed by atoms with Gasteiger partial charge in [-0.25, -0.2) is 0 Å². The summed E-state index contributed by atoms with van der Waals surface area (Å²) in [5, 5.41) is 14.4. The van der Waals surface area contributed by atoms with E-state index >= 15 is 0 Å². The molecule has 0 aromatic heterocycles. The van der Waals surface area contributed by atoms with Crippen LogP contribution in [0.5, 0.6) is 5.75 Å². The Kier molecular flexibility index (Phi) is 10.00. The lowest BCUT2D eigenvalue weighted by atomic mass is 9.82. The molecule has 0 radical (unpaired) electrons. The first-order valence-corrected chi connectivity index (χ1v) is 19.0. The van der Waals surface area contributed by atoms with Crippen LogP contribution in [-0.4, -0.2) is 64.4 Å². The van der Waals surface area contributed by atoms with Crippen molar-refractivity contribution in [2.45, 2.75) is 62.9 Å². The van der Waals surface area contributed by atoms with Crippen molar-refractivity contribution in [3.8, 4) is 5.75 Å². The molecule has 244 valence electrons. The van der Waals surface area contributed by atoms with Crippen molar-refractivity contribution in [2.24, 2.45) is 5.92 Å². The van der Waals surface area contributed by atoms with Gasteiger partial charge in [0.25, 0.3) is 11.8 Å². The van der Waals surface area contributed by atoms with Gasteiger partial charge in [0.15, 0.2) is 5.60 Å². The van der Waals surface area contributed by atoms with Crippen LogP contribution in [0.25, 0.3) is 0 Å². The van der Waals surface area contributed by atoms with Gasteiger partial charge in [-0.15, -0.1) is 0 Å². The van der Waals surface area contributed by atoms with Gasteiger partial charge < -0.3 is 29.5 Å². The summed E-state index contributed by atoms with van der Waals surface area (Å²) in [5.41, 5.74) is 1.24. The van der Waals surface area contributed by atoms with E-state index in [9.17, 15) is 19.5 Å². The minimum absolute atomic E-state index is 0.00770. The number of benzene rings is 3. The van der Waals surface area contributed by atoms with Crippen LogP contribution in [0.1, 0.15) is 48.5 Å². The van der Waals surface area contributed by atoms with Gasteiger partial charge in [-0.05, 0) is 67.3 Å². The molecule has 4 atom stereocenters. The fourth-order valence-corrected chi connectivity index (χ4v) is 11.5. The highest BCUT2D eigenvalue weighted by Crippen LogP contribution is 2.60. The SMILES string of the molecule is COC(=O)CCCCN1C(=O)[C@@]2(O[C@@H](CCO)[C@H]([Si](C)(C)c3ccc(OC)cc3)[C@H]2C)c2cc(NC(=O)c3ccccc3)ccc21. The van der Waals surface area contributed by atoms with Crippen molar-refractivity contribution in [1.82, 2.24) is 0 Å². The molecular formula is C36H44N2O7Si. The Bertz CT molecular complexity index is 1560. The Morgan fingerprint density at radius 3 is 2.39 bits per heavy atom. The number of methoxy groups -OCH3 is 2. The molecule has 9 nitrogen and oxygen atoms in total. The Morgan fingerprint density at radius 1 is 1.02 bits per heavy atom. The van der Waals surface area contributed by atoms with Crippen molar-refractivity contribution < 1.29 is 33.7 Å². The fraction of sp³-hybridized carbons (Fsp3) is 0.417. The molecule has 2 aliphatic heterocycles. The predicted molar refractivity (Wildman–Crippen MR) is 180 cm³/mol. The van der Waals surface area contributed by atoms with E-state index in [0.29, 0.717) is 42.6 Å². The predicted octanol–water partition coefficient (Wildman–Crippen LogP) is 5.24. The number of nitrogens with zero attached hydrogens (tertiary/aromatic N) is 1. The lowest BCUT2D eigenvalue weighted by molar-refractivity contribution is -0.146. The average molecular weight is 645 g/mol. The topological polar surface area (TPSA) is 114 Å². The summed E-state index contributed by atoms with van der Waals surface area (Å²) in [6, 6.07) is 22.7. The molecule has 0 aliphatic carbocycles. The van der Waals surface area contributed by atoms with Crippen molar-refractivity contribution >= 4 is 42.4 Å². The highest BCUT2D eigenvalue weighted by atomic mass is 28.3. The monoisotopic (exact) mass is 644 g/mol. The molecule has 2 aliphatic rings. The summed E-state index contributed by atoms with van der Waals surface area (Å²) >= 11 is 0. The normalized spacial score (nSPS) is 22.2. The van der Waals surface area contributed by atoms with Crippen LogP contribution in [0.3, 0.4) is 0 Å². The molecule has 46 heavy (non-hydrogen) atoms. The second-order valence-electron chi connectivity index (χ2n) is 12.7. The van der Waals surface area contributed by atoms with Gasteiger partial charge in [0.2, 0.25) is 0 Å². The van der Waals surface area contributed by atoms with E-state index < -0.39 is 13.7 Å². The van der Waals surface area contributed by atoms with Gasteiger partial charge in [0, 0.05) is 42.3 Å². The Balaban J connectivity index is 1.55. The smallest absolute Gasteiger partial charge is 0.305 e. The summed E-state index contributed by atoms with van der Waals surface area (Å²) < 4.78 is 17.2. The number of carbonyl (C=O) groups is 3. The zero-order chi connectivity index (χ0) is 33.1. The van der Waals surface area contributed by atoms with Crippen LogP contribution in [-0.2, 0) is 24.7 Å². The molecule has 1 saturated heterocycles. The first-order valence-electron chi connectivity index (χ1n) is 15.9. The number of esters is 1. The van der Waals surface area contributed by atoms with E-state index in [0.717, 1.165) is 11.4 Å². The molecule has 3 aromatic carbocycles. The maximum absolute atomic E-state index is 14.7. The second-order valence-corrected chi connectivity index (χ2v) is 17.4. The molecule has 2 heterocycles. The van der Waals surface area contributed by atoms with Crippen LogP contribution in [0.2, 0.25) is 18.6 Å². The first-order chi connectivity index (χ1) is 22.1. The van der Waals surface area contributed by atoms with E-state index in [1.165, 1.54) is 12.3 Å². The third kappa shape index (κ3) is 6.09. The number of hydrogen-bond acceptors (Lipinski definition) is 7. The molecular weight excluding hydrogens is 600 g/mol. The molecule has 0 bridgehead atoms. The van der Waals surface area contributed by atoms with Gasteiger partial charge in [0.05, 0.1) is 34.1 Å². The van der Waals surface area contributed by atoms with E-state index in [-0.39, 0.29) is 48.4 Å². The fourth-order valence-electron chi connectivity index (χ4n) is 7.44. The minimum atomic E-state index is -2.33. The number of amides is 2. The van der Waals surface area contributed by atoms with Crippen LogP contribution in [0, 0.1) is 5.92 Å². The van der Waals surface area contributed by atoms with Crippen LogP contribution >= 0.6 is 0 Å². The summed E-state index contributed by atoms with van der Waals surface area (Å²) in [6.07, 6.45) is 1.49. The third-order valence-electron chi connectivity index (χ3n) is 9.78. The Hall–Kier alpha value is -3.99. The Morgan fingerprint density at radius 2 is 1.74 bits per heavy atom. The number of aliphatic hydroxyl groups is 1. The van der Waals surface area contributed by atoms with E-state index in [1.807, 2.05) is 48.5 Å². The van der Waals surface area contributed by atoms with Crippen molar-refractivity contribution in [2.75, 3.05) is 37.6 Å². The molecule has 0 unspecified atom stereocenters. The molecule has 0 saturated carbocycles. The number of carbonyl (C=O) groups excluding carboxylic acids is 3. The molecule has 2 amide bonds. The number of hydrogen-bond donors (Lipinski definition) is 2. The van der Waals surface area contributed by atoms with Crippen LogP contribution in [0.4, 0.5) is 11.4 Å². The maximum Gasteiger partial charge on any atom is 0.305 e. The van der Waals surface area contributed by atoms with Gasteiger partial charge >= 0.3 is 5.97 Å². The zero-order valence-electron chi connectivity index (χ0n) is 27.2. The number of fused-ring (bicyclic) bond motifs is 2. The van der Waals surface area contributed by atoms with Crippen LogP contribution < -0.4 is 20.1 Å². The molecule has 1 spiro atoms. The lowest BCUT2D eigenvalue weighted by Gasteiger charge is -2.37. The quantitative estimate of drug-likeness (QED) is 0.158. The number of aliphatic hydroxyl groups excluding tert-OH is 1. The van der Waals surface area contributed by atoms with Gasteiger partial charge in [0.1, 0.15) is 5.75 Å². The molecule has 3 aromatic rings. The first kappa shape index (κ1) is 33.4. The van der Waals surface area contributed by atoms with Crippen molar-refractivity contribution in [1.29, 1.82) is 0 Å². The number of nitrogens with one attached hydrogen (secondary N) is 1. The molecule has 5 rings (SSSR count). The summed E-state index contributed by atoms with van der Waals surface area (Å²) in [6.45, 7) is 7.03. The number of rotatable bonds is 12. The third-order valence-corrected chi connectivity index (χ3v) is 14.1. The van der Waals surface area contributed by atoms with Crippen LogP contribution in [0.15, 0.2) is 72.8 Å². The molecule has 2 N–H and O–H groups in total. The van der Waals surface area contributed by atoms with Gasteiger partial charge in [-0.2, -0.15) is 0 Å². The van der Waals surface area contributed by atoms with Crippen molar-refractivity contribution in [3.63, 3.8) is 0 Å². The summed E-state index contributed by atoms with van der Waals surface area (Å²) in [7, 11) is 0.688. The van der Waals surface area contributed by atoms with Gasteiger partial charge in [-0.1, -0.05) is 55.5 Å². The number of anilines is 2. The average Bonchev–Trinajstić information content (AvgIpc) is 3.49. The summed E-state index contributed by atoms with van der Waals surface area (Å²) in [4.78, 5) is 41.4. The number of ether oxygens (including phenoxy) is 3. The summed E-state index contributed by atoms with van der Waals surface area (Å²) in [5.74, 6) is -0.135. The van der Waals surface area contributed by atoms with E-state index in [4.69, 9.17) is 14.2 Å². The lowest BCUT2D eigenvalue weighted by Crippen LogP contribution is -2.52. The standard InChI is InChI=1S/C36H44N2O7Si/c1-24-33(46(4,5)28-17-15-27(43-2)16-18-28)31(20-22-39)45-36(24)29-23-26(37-34(41)25-11-7-6-8-12-25)14-19-30(29)38(35(36)42)21-10-9-13-32(40)44-3/h6-8,11-12,14-19,23-24,31,33,39H,9-10,13,20-22H2,1-5H3,(H,37,41)/t24-,31+,33-,36+/m1/s1. The molecule has 1 fully saturated rings. The van der Waals surface area contributed by atoms with E-state index in [2.05, 4.69) is 37.5 Å². The molecule has 10 heteroatoms. The minimum Gasteiger partial charge on any atom is -0.497 e. The largest absolute Gasteiger partial charge is 0.497 e. The second kappa shape index (κ2) is 13.8. The van der Waals surface area contributed by atoms with E-state index in [1.54, 1.807) is 24.1 Å². The zero-order valence-corrected chi connectivity index (χ0v) is 28.2. The number of unbranched alkanes of at least 4 members (excludes halogenated alkanes) is 1. The highest BCUT2D eigenvalue weighted by Gasteiger charge is 2.66. The Labute approximate surface area is 271 Å². The maximum atomic E-state index is 14.7. The highest BCUT2D eigenvalue weighted by molar-refractivity contribution is 6.91.